The third kappa shape index (κ3) is 3.52. The number of rotatable bonds is 2. The third-order valence-corrected chi connectivity index (χ3v) is 4.16. The van der Waals surface area contributed by atoms with E-state index in [9.17, 15) is 22.8 Å². The summed E-state index contributed by atoms with van der Waals surface area (Å²) in [7, 11) is 1.81. The Morgan fingerprint density at radius 3 is 2.92 bits per heavy atom. The van der Waals surface area contributed by atoms with Crippen LogP contribution in [0.25, 0.3) is 0 Å². The zero-order valence-corrected chi connectivity index (χ0v) is 13.3. The minimum atomic E-state index is -4.62. The van der Waals surface area contributed by atoms with Crippen LogP contribution in [0.15, 0.2) is 23.3 Å². The number of halogens is 3. The van der Waals surface area contributed by atoms with Crippen LogP contribution in [0.2, 0.25) is 0 Å². The largest absolute Gasteiger partial charge is 0.417 e. The molecule has 0 fully saturated rings. The van der Waals surface area contributed by atoms with Crippen molar-refractivity contribution in [3.05, 3.63) is 45.6 Å². The summed E-state index contributed by atoms with van der Waals surface area (Å²) in [6.45, 7) is 0. The van der Waals surface area contributed by atoms with E-state index < -0.39 is 29.0 Å². The Morgan fingerprint density at radius 1 is 1.44 bits per heavy atom. The number of hydrogen-bond acceptors (Lipinski definition) is 3. The predicted molar refractivity (Wildman–Crippen MR) is 83.1 cm³/mol. The Morgan fingerprint density at radius 2 is 2.20 bits per heavy atom. The first-order valence-electron chi connectivity index (χ1n) is 7.64. The van der Waals surface area contributed by atoms with Crippen molar-refractivity contribution < 1.29 is 18.0 Å². The van der Waals surface area contributed by atoms with Crippen LogP contribution in [0, 0.1) is 0 Å². The maximum Gasteiger partial charge on any atom is 0.417 e. The highest BCUT2D eigenvalue weighted by Gasteiger charge is 2.32. The molecule has 0 aliphatic heterocycles. The fourth-order valence-electron chi connectivity index (χ4n) is 2.91. The number of alkyl halides is 3. The summed E-state index contributed by atoms with van der Waals surface area (Å²) < 4.78 is 39.9. The number of carbonyl (C=O) groups excluding carboxylic acids is 1. The number of nitrogens with zero attached hydrogens (tertiary/aromatic N) is 2. The van der Waals surface area contributed by atoms with E-state index in [1.807, 2.05) is 12.0 Å². The standard InChI is InChI=1S/C15H16F3N5O2/c1-23-12-4-2-3-10(9(12)7-20-23)21-14(25)22-11-5-8(15(16,17)18)6-19-13(11)24/h5-7,10H,2-4H2,1H3,(H,19,24)(H2,21,22,25). The quantitative estimate of drug-likeness (QED) is 0.772. The monoisotopic (exact) mass is 355 g/mol. The average molecular weight is 355 g/mol. The number of anilines is 1. The Hall–Kier alpha value is -2.78. The van der Waals surface area contributed by atoms with Crippen molar-refractivity contribution in [2.45, 2.75) is 31.5 Å². The Labute approximate surface area is 140 Å². The number of amides is 2. The zero-order valence-electron chi connectivity index (χ0n) is 13.3. The molecule has 2 heterocycles. The van der Waals surface area contributed by atoms with Gasteiger partial charge < -0.3 is 15.6 Å². The second-order valence-electron chi connectivity index (χ2n) is 5.84. The van der Waals surface area contributed by atoms with Gasteiger partial charge in [0.15, 0.2) is 0 Å². The molecule has 1 atom stereocenters. The number of H-pyrrole nitrogens is 1. The van der Waals surface area contributed by atoms with Crippen LogP contribution < -0.4 is 16.2 Å². The minimum absolute atomic E-state index is 0.303. The topological polar surface area (TPSA) is 91.8 Å². The van der Waals surface area contributed by atoms with Crippen LogP contribution in [-0.4, -0.2) is 20.8 Å². The lowest BCUT2D eigenvalue weighted by molar-refractivity contribution is -0.137. The van der Waals surface area contributed by atoms with Crippen molar-refractivity contribution in [2.24, 2.45) is 7.05 Å². The van der Waals surface area contributed by atoms with Gasteiger partial charge in [-0.3, -0.25) is 9.48 Å². The van der Waals surface area contributed by atoms with E-state index in [4.69, 9.17) is 0 Å². The van der Waals surface area contributed by atoms with Crippen LogP contribution in [0.1, 0.15) is 35.7 Å². The Kier molecular flexibility index (Phi) is 4.27. The minimum Gasteiger partial charge on any atom is -0.331 e. The lowest BCUT2D eigenvalue weighted by Gasteiger charge is -2.23. The molecule has 1 aliphatic rings. The molecule has 0 spiro atoms. The first-order chi connectivity index (χ1) is 11.8. The third-order valence-electron chi connectivity index (χ3n) is 4.16. The van der Waals surface area contributed by atoms with Crippen molar-refractivity contribution in [2.75, 3.05) is 5.32 Å². The molecular formula is C15H16F3N5O2. The van der Waals surface area contributed by atoms with E-state index in [0.29, 0.717) is 18.7 Å². The van der Waals surface area contributed by atoms with Crippen LogP contribution in [0.4, 0.5) is 23.7 Å². The average Bonchev–Trinajstić information content (AvgIpc) is 2.91. The summed E-state index contributed by atoms with van der Waals surface area (Å²) in [5, 5.41) is 9.03. The number of nitrogens with one attached hydrogen (secondary N) is 3. The molecule has 2 aromatic rings. The van der Waals surface area contributed by atoms with Crippen molar-refractivity contribution in [3.63, 3.8) is 0 Å². The molecule has 3 N–H and O–H groups in total. The van der Waals surface area contributed by atoms with E-state index in [1.54, 1.807) is 10.9 Å². The first kappa shape index (κ1) is 17.1. The highest BCUT2D eigenvalue weighted by molar-refractivity contribution is 5.89. The maximum absolute atomic E-state index is 12.7. The lowest BCUT2D eigenvalue weighted by atomic mass is 9.93. The summed E-state index contributed by atoms with van der Waals surface area (Å²) in [6, 6.07) is -0.441. The number of pyridine rings is 1. The second kappa shape index (κ2) is 6.26. The van der Waals surface area contributed by atoms with Crippen LogP contribution in [0.3, 0.4) is 0 Å². The molecular weight excluding hydrogens is 339 g/mol. The summed E-state index contributed by atoms with van der Waals surface area (Å²) in [4.78, 5) is 25.7. The SMILES string of the molecule is Cn1ncc2c1CCCC2NC(=O)Nc1cc(C(F)(F)F)c[nH]c1=O. The van der Waals surface area contributed by atoms with Crippen LogP contribution in [0.5, 0.6) is 0 Å². The van der Waals surface area contributed by atoms with Gasteiger partial charge in [0.2, 0.25) is 0 Å². The highest BCUT2D eigenvalue weighted by atomic mass is 19.4. The summed E-state index contributed by atoms with van der Waals surface area (Å²) in [6.07, 6.45) is -0.0122. The fraction of sp³-hybridized carbons (Fsp3) is 0.400. The molecule has 0 aromatic carbocycles. The van der Waals surface area contributed by atoms with E-state index >= 15 is 0 Å². The number of carbonyl (C=O) groups is 1. The number of aryl methyl sites for hydroxylation is 1. The molecule has 0 radical (unpaired) electrons. The van der Waals surface area contributed by atoms with Gasteiger partial charge in [-0.2, -0.15) is 18.3 Å². The molecule has 3 rings (SSSR count). The number of aromatic amines is 1. The van der Waals surface area contributed by atoms with Crippen molar-refractivity contribution >= 4 is 11.7 Å². The number of aromatic nitrogens is 3. The molecule has 10 heteroatoms. The van der Waals surface area contributed by atoms with Gasteiger partial charge in [-0.25, -0.2) is 4.79 Å². The molecule has 0 saturated carbocycles. The smallest absolute Gasteiger partial charge is 0.331 e. The van der Waals surface area contributed by atoms with E-state index in [-0.39, 0.29) is 6.04 Å². The van der Waals surface area contributed by atoms with Crippen molar-refractivity contribution in [3.8, 4) is 0 Å². The van der Waals surface area contributed by atoms with Gasteiger partial charge in [-0.05, 0) is 25.3 Å². The Bertz CT molecular complexity index is 856. The summed E-state index contributed by atoms with van der Waals surface area (Å²) in [5.41, 5.74) is -0.437. The molecule has 7 nitrogen and oxygen atoms in total. The molecule has 2 amide bonds. The zero-order chi connectivity index (χ0) is 18.2. The molecule has 0 bridgehead atoms. The molecule has 1 unspecified atom stereocenters. The predicted octanol–water partition coefficient (Wildman–Crippen LogP) is 2.33. The molecule has 2 aromatic heterocycles. The fourth-order valence-corrected chi connectivity index (χ4v) is 2.91. The van der Waals surface area contributed by atoms with Crippen LogP contribution in [-0.2, 0) is 19.6 Å². The van der Waals surface area contributed by atoms with Gasteiger partial charge >= 0.3 is 12.2 Å². The highest BCUT2D eigenvalue weighted by Crippen LogP contribution is 2.30. The van der Waals surface area contributed by atoms with Gasteiger partial charge in [0.05, 0.1) is 17.8 Å². The molecule has 0 saturated heterocycles. The van der Waals surface area contributed by atoms with Gasteiger partial charge in [0.25, 0.3) is 5.56 Å². The maximum atomic E-state index is 12.7. The van der Waals surface area contributed by atoms with Gasteiger partial charge in [0, 0.05) is 24.5 Å². The van der Waals surface area contributed by atoms with Gasteiger partial charge in [-0.1, -0.05) is 0 Å². The van der Waals surface area contributed by atoms with Gasteiger partial charge in [-0.15, -0.1) is 0 Å². The van der Waals surface area contributed by atoms with Crippen LogP contribution >= 0.6 is 0 Å². The number of urea groups is 1. The lowest BCUT2D eigenvalue weighted by Crippen LogP contribution is -2.35. The number of hydrogen-bond donors (Lipinski definition) is 3. The van der Waals surface area contributed by atoms with Crippen molar-refractivity contribution in [1.82, 2.24) is 20.1 Å². The van der Waals surface area contributed by atoms with Gasteiger partial charge in [0.1, 0.15) is 5.69 Å². The van der Waals surface area contributed by atoms with E-state index in [0.717, 1.165) is 24.1 Å². The van der Waals surface area contributed by atoms with E-state index in [2.05, 4.69) is 15.7 Å². The Balaban J connectivity index is 1.75. The summed E-state index contributed by atoms with van der Waals surface area (Å²) in [5.74, 6) is 0. The molecule has 25 heavy (non-hydrogen) atoms. The number of fused-ring (bicyclic) bond motifs is 1. The van der Waals surface area contributed by atoms with E-state index in [1.165, 1.54) is 0 Å². The molecule has 1 aliphatic carbocycles. The first-order valence-corrected chi connectivity index (χ1v) is 7.64. The molecule has 134 valence electrons. The van der Waals surface area contributed by atoms with Crippen molar-refractivity contribution in [1.29, 1.82) is 0 Å². The second-order valence-corrected chi connectivity index (χ2v) is 5.84. The normalized spacial score (nSPS) is 17.0. The summed E-state index contributed by atoms with van der Waals surface area (Å²) >= 11 is 0.